The van der Waals surface area contributed by atoms with Crippen LogP contribution < -0.4 is 11.1 Å². The highest BCUT2D eigenvalue weighted by atomic mass is 127. The first-order chi connectivity index (χ1) is 9.76. The zero-order chi connectivity index (χ0) is 14.6. The molecule has 0 bridgehead atoms. The molecule has 1 aliphatic carbocycles. The average Bonchev–Trinajstić information content (AvgIpc) is 2.71. The van der Waals surface area contributed by atoms with Gasteiger partial charge < -0.3 is 16.0 Å². The molecule has 0 aromatic rings. The summed E-state index contributed by atoms with van der Waals surface area (Å²) in [7, 11) is 0. The van der Waals surface area contributed by atoms with Gasteiger partial charge in [0, 0.05) is 12.6 Å². The number of nitrogens with one attached hydrogen (secondary N) is 1. The number of halogens is 1. The first-order valence-electron chi connectivity index (χ1n) is 8.55. The quantitative estimate of drug-likeness (QED) is 0.212. The van der Waals surface area contributed by atoms with Crippen molar-refractivity contribution in [2.24, 2.45) is 10.7 Å². The molecule has 0 aromatic carbocycles. The Kier molecular flexibility index (Phi) is 13.6. The predicted octanol–water partition coefficient (Wildman–Crippen LogP) is 3.35. The fourth-order valence-electron chi connectivity index (χ4n) is 2.87. The molecule has 0 atom stereocenters. The number of nitrogens with two attached hydrogens (primary N) is 1. The lowest BCUT2D eigenvalue weighted by atomic mass is 10.1. The third kappa shape index (κ3) is 10.3. The molecule has 1 saturated carbocycles. The third-order valence-corrected chi connectivity index (χ3v) is 4.27. The number of rotatable bonds is 8. The van der Waals surface area contributed by atoms with Gasteiger partial charge in [0.05, 0.1) is 0 Å². The molecule has 0 radical (unpaired) electrons. The van der Waals surface area contributed by atoms with Crippen LogP contribution in [0.4, 0.5) is 0 Å². The molecule has 0 saturated heterocycles. The molecule has 0 spiro atoms. The molecule has 0 aliphatic heterocycles. The second-order valence-electron chi connectivity index (χ2n) is 5.83. The first-order valence-corrected chi connectivity index (χ1v) is 8.55. The van der Waals surface area contributed by atoms with Crippen LogP contribution in [0.15, 0.2) is 4.99 Å². The largest absolute Gasteiger partial charge is 0.370 e. The highest BCUT2D eigenvalue weighted by molar-refractivity contribution is 14.0. The Hall–Kier alpha value is -0.0400. The van der Waals surface area contributed by atoms with Crippen LogP contribution in [-0.4, -0.2) is 43.1 Å². The molecule has 0 aromatic heterocycles. The standard InChI is InChI=1S/C16H34N4.HI/c1-3-20(4-2)14-10-9-13-18-16(17)19-15-11-7-5-6-8-12-15;/h15H,3-14H2,1-2H3,(H3,17,18,19);1H. The Bertz CT molecular complexity index is 259. The molecule has 1 aliphatic rings. The van der Waals surface area contributed by atoms with Crippen molar-refractivity contribution in [3.63, 3.8) is 0 Å². The van der Waals surface area contributed by atoms with Crippen molar-refractivity contribution >= 4 is 29.9 Å². The summed E-state index contributed by atoms with van der Waals surface area (Å²) in [6.45, 7) is 8.76. The first kappa shape index (κ1) is 21.0. The van der Waals surface area contributed by atoms with Crippen molar-refractivity contribution in [2.75, 3.05) is 26.2 Å². The molecular weight excluding hydrogens is 375 g/mol. The minimum atomic E-state index is 0. The van der Waals surface area contributed by atoms with E-state index >= 15 is 0 Å². The van der Waals surface area contributed by atoms with Gasteiger partial charge in [-0.15, -0.1) is 24.0 Å². The van der Waals surface area contributed by atoms with Gasteiger partial charge in [-0.05, 0) is 45.3 Å². The summed E-state index contributed by atoms with van der Waals surface area (Å²) in [6, 6.07) is 0.553. The van der Waals surface area contributed by atoms with E-state index in [2.05, 4.69) is 29.1 Å². The second-order valence-corrected chi connectivity index (χ2v) is 5.83. The van der Waals surface area contributed by atoms with Crippen molar-refractivity contribution in [3.05, 3.63) is 0 Å². The smallest absolute Gasteiger partial charge is 0.188 e. The highest BCUT2D eigenvalue weighted by Crippen LogP contribution is 2.16. The maximum Gasteiger partial charge on any atom is 0.188 e. The van der Waals surface area contributed by atoms with Gasteiger partial charge in [-0.1, -0.05) is 39.5 Å². The van der Waals surface area contributed by atoms with Crippen LogP contribution in [0.2, 0.25) is 0 Å². The van der Waals surface area contributed by atoms with Crippen LogP contribution in [0.25, 0.3) is 0 Å². The number of aliphatic imine (C=N–C) groups is 1. The van der Waals surface area contributed by atoms with Crippen LogP contribution >= 0.6 is 24.0 Å². The minimum absolute atomic E-state index is 0. The van der Waals surface area contributed by atoms with E-state index in [0.29, 0.717) is 12.0 Å². The molecule has 126 valence electrons. The summed E-state index contributed by atoms with van der Waals surface area (Å²) in [5, 5.41) is 3.40. The summed E-state index contributed by atoms with van der Waals surface area (Å²) >= 11 is 0. The number of hydrogen-bond acceptors (Lipinski definition) is 2. The zero-order valence-corrected chi connectivity index (χ0v) is 16.3. The Morgan fingerprint density at radius 3 is 2.29 bits per heavy atom. The van der Waals surface area contributed by atoms with Gasteiger partial charge in [0.2, 0.25) is 0 Å². The summed E-state index contributed by atoms with van der Waals surface area (Å²) in [4.78, 5) is 6.92. The van der Waals surface area contributed by atoms with Gasteiger partial charge in [-0.25, -0.2) is 0 Å². The molecule has 3 N–H and O–H groups in total. The van der Waals surface area contributed by atoms with Crippen molar-refractivity contribution in [1.82, 2.24) is 10.2 Å². The van der Waals surface area contributed by atoms with Crippen molar-refractivity contribution in [3.8, 4) is 0 Å². The fraction of sp³-hybridized carbons (Fsp3) is 0.938. The molecule has 1 rings (SSSR count). The van der Waals surface area contributed by atoms with Crippen LogP contribution in [0.3, 0.4) is 0 Å². The number of nitrogens with zero attached hydrogens (tertiary/aromatic N) is 2. The lowest BCUT2D eigenvalue weighted by Crippen LogP contribution is -2.39. The monoisotopic (exact) mass is 410 g/mol. The lowest BCUT2D eigenvalue weighted by molar-refractivity contribution is 0.297. The SMILES string of the molecule is CCN(CC)CCCCN=C(N)NC1CCCCCC1.I. The molecule has 0 heterocycles. The molecule has 5 heteroatoms. The van der Waals surface area contributed by atoms with Gasteiger partial charge >= 0.3 is 0 Å². The predicted molar refractivity (Wildman–Crippen MR) is 104 cm³/mol. The molecule has 0 amide bonds. The summed E-state index contributed by atoms with van der Waals surface area (Å²) in [5.41, 5.74) is 5.98. The van der Waals surface area contributed by atoms with Crippen molar-refractivity contribution in [1.29, 1.82) is 0 Å². The van der Waals surface area contributed by atoms with Gasteiger partial charge in [0.1, 0.15) is 0 Å². The molecule has 4 nitrogen and oxygen atoms in total. The second kappa shape index (κ2) is 13.6. The van der Waals surface area contributed by atoms with E-state index in [9.17, 15) is 0 Å². The van der Waals surface area contributed by atoms with E-state index < -0.39 is 0 Å². The van der Waals surface area contributed by atoms with Crippen LogP contribution in [0.5, 0.6) is 0 Å². The maximum absolute atomic E-state index is 5.98. The van der Waals surface area contributed by atoms with Crippen molar-refractivity contribution < 1.29 is 0 Å². The van der Waals surface area contributed by atoms with Crippen LogP contribution in [0, 0.1) is 0 Å². The summed E-state index contributed by atoms with van der Waals surface area (Å²) in [6.07, 6.45) is 10.2. The van der Waals surface area contributed by atoms with E-state index in [4.69, 9.17) is 5.73 Å². The molecular formula is C16H35IN4. The Labute approximate surface area is 148 Å². The summed E-state index contributed by atoms with van der Waals surface area (Å²) in [5.74, 6) is 0.653. The molecule has 21 heavy (non-hydrogen) atoms. The van der Waals surface area contributed by atoms with E-state index in [1.165, 1.54) is 51.5 Å². The maximum atomic E-state index is 5.98. The Balaban J connectivity index is 0.00000400. The molecule has 0 unspecified atom stereocenters. The highest BCUT2D eigenvalue weighted by Gasteiger charge is 2.11. The van der Waals surface area contributed by atoms with Gasteiger partial charge in [-0.2, -0.15) is 0 Å². The van der Waals surface area contributed by atoms with Crippen LogP contribution in [0.1, 0.15) is 65.2 Å². The third-order valence-electron chi connectivity index (χ3n) is 4.27. The van der Waals surface area contributed by atoms with Gasteiger partial charge in [0.15, 0.2) is 5.96 Å². The van der Waals surface area contributed by atoms with E-state index in [1.807, 2.05) is 0 Å². The normalized spacial score (nSPS) is 17.4. The van der Waals surface area contributed by atoms with Gasteiger partial charge in [-0.3, -0.25) is 4.99 Å². The van der Waals surface area contributed by atoms with Crippen LogP contribution in [-0.2, 0) is 0 Å². The van der Waals surface area contributed by atoms with Gasteiger partial charge in [0.25, 0.3) is 0 Å². The Morgan fingerprint density at radius 1 is 1.10 bits per heavy atom. The average molecular weight is 410 g/mol. The fourth-order valence-corrected chi connectivity index (χ4v) is 2.87. The zero-order valence-electron chi connectivity index (χ0n) is 13.9. The van der Waals surface area contributed by atoms with Crippen molar-refractivity contribution in [2.45, 2.75) is 71.3 Å². The number of guanidine groups is 1. The minimum Gasteiger partial charge on any atom is -0.370 e. The molecule has 1 fully saturated rings. The number of hydrogen-bond donors (Lipinski definition) is 2. The Morgan fingerprint density at radius 2 is 1.71 bits per heavy atom. The van der Waals surface area contributed by atoms with E-state index in [1.54, 1.807) is 0 Å². The topological polar surface area (TPSA) is 53.6 Å². The number of unbranched alkanes of at least 4 members (excludes halogenated alkanes) is 1. The summed E-state index contributed by atoms with van der Waals surface area (Å²) < 4.78 is 0. The van der Waals surface area contributed by atoms with E-state index in [-0.39, 0.29) is 24.0 Å². The van der Waals surface area contributed by atoms with E-state index in [0.717, 1.165) is 26.1 Å². The lowest BCUT2D eigenvalue weighted by Gasteiger charge is -2.18.